The van der Waals surface area contributed by atoms with Gasteiger partial charge in [-0.1, -0.05) is 6.07 Å². The lowest BCUT2D eigenvalue weighted by Gasteiger charge is -2.34. The van der Waals surface area contributed by atoms with E-state index in [2.05, 4.69) is 25.6 Å². The van der Waals surface area contributed by atoms with E-state index in [0.717, 1.165) is 6.20 Å². The minimum absolute atomic E-state index is 0.192. The largest absolute Gasteiger partial charge is 0.433 e. The summed E-state index contributed by atoms with van der Waals surface area (Å²) in [6.07, 6.45) is -6.06. The highest BCUT2D eigenvalue weighted by molar-refractivity contribution is 5.49. The van der Waals surface area contributed by atoms with E-state index in [9.17, 15) is 31.4 Å². The highest BCUT2D eigenvalue weighted by Crippen LogP contribution is 2.36. The molecule has 170 valence electrons. The number of rotatable bonds is 5. The first-order valence-corrected chi connectivity index (χ1v) is 9.53. The lowest BCUT2D eigenvalue weighted by atomic mass is 9.83. The van der Waals surface area contributed by atoms with Crippen molar-refractivity contribution in [2.45, 2.75) is 63.1 Å². The van der Waals surface area contributed by atoms with Gasteiger partial charge in [-0.05, 0) is 38.7 Å². The number of pyridine rings is 1. The molecule has 1 aliphatic carbocycles. The van der Waals surface area contributed by atoms with Gasteiger partial charge < -0.3 is 15.7 Å². The van der Waals surface area contributed by atoms with Crippen LogP contribution in [0, 0.1) is 0 Å². The van der Waals surface area contributed by atoms with Crippen LogP contribution in [0.3, 0.4) is 0 Å². The van der Waals surface area contributed by atoms with Crippen molar-refractivity contribution < 1.29 is 31.4 Å². The molecule has 2 aromatic rings. The standard InChI is InChI=1S/C19H21F6N5O/c1-17(31)6-4-12(5-7-17)29-15-13(18(20,21)22)10-28-16(30-15)27-9-11-3-2-8-26-14(11)19(23,24)25/h2-3,8,10,12,31H,4-7,9H2,1H3,(H2,27,28,29,30)/t12-,17+. The fourth-order valence-electron chi connectivity index (χ4n) is 3.37. The predicted octanol–water partition coefficient (Wildman–Crippen LogP) is 4.63. The van der Waals surface area contributed by atoms with Gasteiger partial charge in [0.1, 0.15) is 17.1 Å². The number of anilines is 2. The fourth-order valence-corrected chi connectivity index (χ4v) is 3.37. The summed E-state index contributed by atoms with van der Waals surface area (Å²) in [5.74, 6) is -0.714. The van der Waals surface area contributed by atoms with Crippen LogP contribution in [0.15, 0.2) is 24.5 Å². The first kappa shape index (κ1) is 23.0. The van der Waals surface area contributed by atoms with Crippen LogP contribution in [-0.2, 0) is 18.9 Å². The molecule has 0 saturated heterocycles. The van der Waals surface area contributed by atoms with Crippen LogP contribution in [0.5, 0.6) is 0 Å². The third kappa shape index (κ3) is 5.96. The quantitative estimate of drug-likeness (QED) is 0.578. The number of aromatic nitrogens is 3. The van der Waals surface area contributed by atoms with Crippen molar-refractivity contribution in [2.24, 2.45) is 0 Å². The van der Waals surface area contributed by atoms with Gasteiger partial charge in [0.25, 0.3) is 0 Å². The summed E-state index contributed by atoms with van der Waals surface area (Å²) in [7, 11) is 0. The molecule has 6 nitrogen and oxygen atoms in total. The Morgan fingerprint density at radius 3 is 2.39 bits per heavy atom. The highest BCUT2D eigenvalue weighted by Gasteiger charge is 2.37. The van der Waals surface area contributed by atoms with Crippen LogP contribution in [0.4, 0.5) is 38.1 Å². The molecule has 2 heterocycles. The molecule has 0 radical (unpaired) electrons. The molecule has 1 fully saturated rings. The maximum Gasteiger partial charge on any atom is 0.433 e. The van der Waals surface area contributed by atoms with Crippen molar-refractivity contribution in [1.82, 2.24) is 15.0 Å². The topological polar surface area (TPSA) is 83.0 Å². The first-order valence-electron chi connectivity index (χ1n) is 9.53. The van der Waals surface area contributed by atoms with Gasteiger partial charge in [0.05, 0.1) is 5.60 Å². The van der Waals surface area contributed by atoms with Crippen molar-refractivity contribution in [3.8, 4) is 0 Å². The van der Waals surface area contributed by atoms with Crippen molar-refractivity contribution >= 4 is 11.8 Å². The minimum atomic E-state index is -4.71. The second-order valence-electron chi connectivity index (χ2n) is 7.73. The third-order valence-corrected chi connectivity index (χ3v) is 5.09. The van der Waals surface area contributed by atoms with Crippen molar-refractivity contribution in [3.05, 3.63) is 41.3 Å². The maximum absolute atomic E-state index is 13.4. The van der Waals surface area contributed by atoms with Crippen LogP contribution in [0.1, 0.15) is 49.4 Å². The van der Waals surface area contributed by atoms with E-state index in [1.54, 1.807) is 6.92 Å². The Hall–Kier alpha value is -2.63. The smallest absolute Gasteiger partial charge is 0.390 e. The SMILES string of the molecule is C[C@]1(O)CC[C@@H](Nc2nc(NCc3cccnc3C(F)(F)F)ncc2C(F)(F)F)CC1. The lowest BCUT2D eigenvalue weighted by Crippen LogP contribution is -2.36. The number of aliphatic hydroxyl groups is 1. The van der Waals surface area contributed by atoms with E-state index in [1.165, 1.54) is 12.1 Å². The summed E-state index contributed by atoms with van der Waals surface area (Å²) in [5.41, 5.74) is -3.22. The number of nitrogens with one attached hydrogen (secondary N) is 2. The van der Waals surface area contributed by atoms with Gasteiger partial charge in [-0.2, -0.15) is 31.3 Å². The molecule has 0 bridgehead atoms. The molecule has 0 unspecified atom stereocenters. The summed E-state index contributed by atoms with van der Waals surface area (Å²) in [6.45, 7) is 1.30. The van der Waals surface area contributed by atoms with Gasteiger partial charge in [0, 0.05) is 30.5 Å². The van der Waals surface area contributed by atoms with Crippen molar-refractivity contribution in [1.29, 1.82) is 0 Å². The van der Waals surface area contributed by atoms with E-state index in [4.69, 9.17) is 0 Å². The summed E-state index contributed by atoms with van der Waals surface area (Å²) in [5, 5.41) is 15.3. The predicted molar refractivity (Wildman–Crippen MR) is 100 cm³/mol. The van der Waals surface area contributed by atoms with Crippen LogP contribution in [0.2, 0.25) is 0 Å². The molecule has 31 heavy (non-hydrogen) atoms. The maximum atomic E-state index is 13.4. The molecule has 0 aromatic carbocycles. The lowest BCUT2D eigenvalue weighted by molar-refractivity contribution is -0.141. The Morgan fingerprint density at radius 2 is 1.77 bits per heavy atom. The first-order chi connectivity index (χ1) is 14.4. The Labute approximate surface area is 174 Å². The number of alkyl halides is 6. The fraction of sp³-hybridized carbons (Fsp3) is 0.526. The van der Waals surface area contributed by atoms with Crippen LogP contribution < -0.4 is 10.6 Å². The van der Waals surface area contributed by atoms with Gasteiger partial charge in [-0.15, -0.1) is 0 Å². The monoisotopic (exact) mass is 449 g/mol. The normalized spacial score (nSPS) is 22.3. The minimum Gasteiger partial charge on any atom is -0.390 e. The molecule has 0 spiro atoms. The summed E-state index contributed by atoms with van der Waals surface area (Å²) in [6, 6.07) is 2.20. The van der Waals surface area contributed by atoms with E-state index < -0.39 is 35.0 Å². The van der Waals surface area contributed by atoms with Gasteiger partial charge in [0.15, 0.2) is 0 Å². The van der Waals surface area contributed by atoms with Gasteiger partial charge in [-0.3, -0.25) is 4.98 Å². The summed E-state index contributed by atoms with van der Waals surface area (Å²) in [4.78, 5) is 10.8. The molecular weight excluding hydrogens is 428 g/mol. The van der Waals surface area contributed by atoms with Crippen molar-refractivity contribution in [2.75, 3.05) is 10.6 Å². The molecular formula is C19H21F6N5O. The molecule has 0 atom stereocenters. The Balaban J connectivity index is 1.79. The molecule has 3 N–H and O–H groups in total. The molecule has 1 saturated carbocycles. The van der Waals surface area contributed by atoms with Gasteiger partial charge in [-0.25, -0.2) is 4.98 Å². The van der Waals surface area contributed by atoms with E-state index in [0.29, 0.717) is 31.9 Å². The zero-order valence-electron chi connectivity index (χ0n) is 16.5. The summed E-state index contributed by atoms with van der Waals surface area (Å²) >= 11 is 0. The van der Waals surface area contributed by atoms with Crippen LogP contribution >= 0.6 is 0 Å². The average Bonchev–Trinajstić information content (AvgIpc) is 2.67. The van der Waals surface area contributed by atoms with E-state index in [-0.39, 0.29) is 24.1 Å². The Kier molecular flexibility index (Phi) is 6.30. The molecule has 3 rings (SSSR count). The van der Waals surface area contributed by atoms with Crippen molar-refractivity contribution in [3.63, 3.8) is 0 Å². The van der Waals surface area contributed by atoms with E-state index >= 15 is 0 Å². The molecule has 0 aliphatic heterocycles. The van der Waals surface area contributed by atoms with Crippen LogP contribution in [-0.4, -0.2) is 31.7 Å². The molecule has 0 amide bonds. The third-order valence-electron chi connectivity index (χ3n) is 5.09. The summed E-state index contributed by atoms with van der Waals surface area (Å²) < 4.78 is 79.3. The number of hydrogen-bond donors (Lipinski definition) is 3. The van der Waals surface area contributed by atoms with Crippen LogP contribution in [0.25, 0.3) is 0 Å². The average molecular weight is 449 g/mol. The number of halogens is 6. The van der Waals surface area contributed by atoms with Gasteiger partial charge in [0.2, 0.25) is 5.95 Å². The second-order valence-corrected chi connectivity index (χ2v) is 7.73. The second kappa shape index (κ2) is 8.48. The molecule has 12 heteroatoms. The highest BCUT2D eigenvalue weighted by atomic mass is 19.4. The van der Waals surface area contributed by atoms with E-state index in [1.807, 2.05) is 0 Å². The zero-order valence-corrected chi connectivity index (χ0v) is 16.5. The Bertz CT molecular complexity index is 905. The Morgan fingerprint density at radius 1 is 1.10 bits per heavy atom. The number of hydrogen-bond acceptors (Lipinski definition) is 6. The number of nitrogens with zero attached hydrogens (tertiary/aromatic N) is 3. The molecule has 1 aliphatic rings. The van der Waals surface area contributed by atoms with Gasteiger partial charge >= 0.3 is 12.4 Å². The zero-order chi connectivity index (χ0) is 22.9. The molecule has 2 aromatic heterocycles.